The molecule has 2 N–H and O–H groups in total. The Balaban J connectivity index is 1.54. The number of primary amides is 1. The van der Waals surface area contributed by atoms with Crippen molar-refractivity contribution in [3.63, 3.8) is 0 Å². The van der Waals surface area contributed by atoms with Crippen molar-refractivity contribution in [3.05, 3.63) is 29.8 Å². The zero-order chi connectivity index (χ0) is 17.1. The molecular formula is C18H25N3O3. The van der Waals surface area contributed by atoms with E-state index in [0.717, 1.165) is 39.0 Å². The highest BCUT2D eigenvalue weighted by molar-refractivity contribution is 5.97. The number of piperidine rings is 1. The summed E-state index contributed by atoms with van der Waals surface area (Å²) in [6, 6.07) is 7.79. The molecule has 0 radical (unpaired) electrons. The lowest BCUT2D eigenvalue weighted by atomic mass is 9.93. The number of ether oxygens (including phenoxy) is 1. The van der Waals surface area contributed by atoms with Gasteiger partial charge in [-0.3, -0.25) is 14.5 Å². The molecule has 6 heteroatoms. The van der Waals surface area contributed by atoms with Crippen LogP contribution < -0.4 is 10.5 Å². The summed E-state index contributed by atoms with van der Waals surface area (Å²) in [5, 5.41) is 0. The van der Waals surface area contributed by atoms with Crippen LogP contribution in [0.1, 0.15) is 30.1 Å². The molecule has 0 atom stereocenters. The molecule has 24 heavy (non-hydrogen) atoms. The van der Waals surface area contributed by atoms with Crippen molar-refractivity contribution in [2.75, 3.05) is 32.8 Å². The van der Waals surface area contributed by atoms with Crippen molar-refractivity contribution in [2.24, 2.45) is 11.7 Å². The van der Waals surface area contributed by atoms with Gasteiger partial charge in [-0.15, -0.1) is 0 Å². The van der Waals surface area contributed by atoms with Gasteiger partial charge in [-0.1, -0.05) is 12.1 Å². The first-order valence-corrected chi connectivity index (χ1v) is 8.64. The van der Waals surface area contributed by atoms with Gasteiger partial charge in [-0.2, -0.15) is 0 Å². The van der Waals surface area contributed by atoms with Gasteiger partial charge >= 0.3 is 0 Å². The summed E-state index contributed by atoms with van der Waals surface area (Å²) in [6.07, 6.45) is 1.65. The Morgan fingerprint density at radius 3 is 2.50 bits per heavy atom. The molecule has 1 aromatic rings. The molecule has 0 spiro atoms. The van der Waals surface area contributed by atoms with Crippen molar-refractivity contribution in [3.8, 4) is 5.75 Å². The standard InChI is InChI=1S/C18H25N3O3/c1-2-24-16-6-4-3-5-15(16)18(23)21-11-14(12-21)20-9-7-13(8-10-20)17(19)22/h3-6,13-14H,2,7-12H2,1H3,(H2,19,22). The summed E-state index contributed by atoms with van der Waals surface area (Å²) in [5.41, 5.74) is 6.01. The van der Waals surface area contributed by atoms with E-state index in [1.54, 1.807) is 0 Å². The zero-order valence-corrected chi connectivity index (χ0v) is 14.1. The molecule has 1 aromatic carbocycles. The largest absolute Gasteiger partial charge is 0.493 e. The number of hydrogen-bond acceptors (Lipinski definition) is 4. The first-order chi connectivity index (χ1) is 11.6. The molecule has 2 amide bonds. The van der Waals surface area contributed by atoms with Crippen molar-refractivity contribution < 1.29 is 14.3 Å². The number of carbonyl (C=O) groups is 2. The van der Waals surface area contributed by atoms with Gasteiger partial charge in [0.15, 0.2) is 0 Å². The minimum Gasteiger partial charge on any atom is -0.493 e. The first kappa shape index (κ1) is 16.8. The lowest BCUT2D eigenvalue weighted by Crippen LogP contribution is -2.62. The molecule has 3 rings (SSSR count). The van der Waals surface area contributed by atoms with Gasteiger partial charge in [0, 0.05) is 25.0 Å². The second-order valence-corrected chi connectivity index (χ2v) is 6.51. The van der Waals surface area contributed by atoms with Crippen LogP contribution in [0.5, 0.6) is 5.75 Å². The Morgan fingerprint density at radius 1 is 1.21 bits per heavy atom. The van der Waals surface area contributed by atoms with Gasteiger partial charge in [0.05, 0.1) is 12.2 Å². The second-order valence-electron chi connectivity index (χ2n) is 6.51. The fraction of sp³-hybridized carbons (Fsp3) is 0.556. The molecule has 2 aliphatic rings. The van der Waals surface area contributed by atoms with E-state index in [1.165, 1.54) is 0 Å². The van der Waals surface area contributed by atoms with Gasteiger partial charge in [-0.05, 0) is 45.0 Å². The lowest BCUT2D eigenvalue weighted by molar-refractivity contribution is -0.123. The zero-order valence-electron chi connectivity index (χ0n) is 14.1. The van der Waals surface area contributed by atoms with Gasteiger partial charge < -0.3 is 15.4 Å². The Bertz CT molecular complexity index is 605. The number of likely N-dealkylation sites (tertiary alicyclic amines) is 2. The first-order valence-electron chi connectivity index (χ1n) is 8.64. The molecule has 6 nitrogen and oxygen atoms in total. The van der Waals surface area contributed by atoms with Crippen LogP contribution in [0.15, 0.2) is 24.3 Å². The number of para-hydroxylation sites is 1. The van der Waals surface area contributed by atoms with Crippen molar-refractivity contribution in [1.29, 1.82) is 0 Å². The molecule has 130 valence electrons. The highest BCUT2D eigenvalue weighted by Gasteiger charge is 2.37. The molecule has 2 heterocycles. The topological polar surface area (TPSA) is 75.9 Å². The van der Waals surface area contributed by atoms with Crippen molar-refractivity contribution >= 4 is 11.8 Å². The average Bonchev–Trinajstić information content (AvgIpc) is 2.54. The number of hydrogen-bond donors (Lipinski definition) is 1. The molecule has 0 aliphatic carbocycles. The Morgan fingerprint density at radius 2 is 1.88 bits per heavy atom. The van der Waals surface area contributed by atoms with E-state index in [0.29, 0.717) is 24.0 Å². The highest BCUT2D eigenvalue weighted by atomic mass is 16.5. The van der Waals surface area contributed by atoms with E-state index < -0.39 is 0 Å². The molecule has 0 saturated carbocycles. The predicted octanol–water partition coefficient (Wildman–Crippen LogP) is 1.11. The average molecular weight is 331 g/mol. The molecule has 0 bridgehead atoms. The smallest absolute Gasteiger partial charge is 0.257 e. The molecule has 2 saturated heterocycles. The van der Waals surface area contributed by atoms with E-state index in [2.05, 4.69) is 4.90 Å². The molecule has 0 unspecified atom stereocenters. The monoisotopic (exact) mass is 331 g/mol. The Labute approximate surface area is 142 Å². The van der Waals surface area contributed by atoms with Crippen LogP contribution in [0.3, 0.4) is 0 Å². The minimum absolute atomic E-state index is 0.0112. The highest BCUT2D eigenvalue weighted by Crippen LogP contribution is 2.26. The number of carbonyl (C=O) groups excluding carboxylic acids is 2. The summed E-state index contributed by atoms with van der Waals surface area (Å²) in [7, 11) is 0. The maximum absolute atomic E-state index is 12.7. The second kappa shape index (κ2) is 7.21. The number of rotatable bonds is 5. The SMILES string of the molecule is CCOc1ccccc1C(=O)N1CC(N2CCC(C(N)=O)CC2)C1. The lowest BCUT2D eigenvalue weighted by Gasteiger charge is -2.47. The van der Waals surface area contributed by atoms with Gasteiger partial charge in [-0.25, -0.2) is 0 Å². The Hall–Kier alpha value is -2.08. The van der Waals surface area contributed by atoms with E-state index in [1.807, 2.05) is 36.1 Å². The van der Waals surface area contributed by atoms with Crippen LogP contribution >= 0.6 is 0 Å². The molecule has 2 fully saturated rings. The van der Waals surface area contributed by atoms with Crippen molar-refractivity contribution in [1.82, 2.24) is 9.80 Å². The maximum atomic E-state index is 12.7. The van der Waals surface area contributed by atoms with E-state index in [-0.39, 0.29) is 17.7 Å². The summed E-state index contributed by atoms with van der Waals surface area (Å²) >= 11 is 0. The van der Waals surface area contributed by atoms with E-state index in [4.69, 9.17) is 10.5 Å². The van der Waals surface area contributed by atoms with Gasteiger partial charge in [0.2, 0.25) is 5.91 Å². The number of nitrogens with two attached hydrogens (primary N) is 1. The minimum atomic E-state index is -0.187. The normalized spacial score (nSPS) is 19.8. The van der Waals surface area contributed by atoms with Gasteiger partial charge in [0.25, 0.3) is 5.91 Å². The van der Waals surface area contributed by atoms with Crippen molar-refractivity contribution in [2.45, 2.75) is 25.8 Å². The van der Waals surface area contributed by atoms with Crippen LogP contribution in [0, 0.1) is 5.92 Å². The van der Waals surface area contributed by atoms with Crippen LogP contribution in [0.25, 0.3) is 0 Å². The predicted molar refractivity (Wildman–Crippen MR) is 90.8 cm³/mol. The summed E-state index contributed by atoms with van der Waals surface area (Å²) in [5.74, 6) is 0.503. The summed E-state index contributed by atoms with van der Waals surface area (Å²) in [4.78, 5) is 28.1. The third kappa shape index (κ3) is 3.38. The Kier molecular flexibility index (Phi) is 5.04. The third-order valence-electron chi connectivity index (χ3n) is 5.02. The number of nitrogens with zero attached hydrogens (tertiary/aromatic N) is 2. The number of benzene rings is 1. The fourth-order valence-electron chi connectivity index (χ4n) is 3.50. The van der Waals surface area contributed by atoms with Crippen LogP contribution in [0.4, 0.5) is 0 Å². The molecular weight excluding hydrogens is 306 g/mol. The third-order valence-corrected chi connectivity index (χ3v) is 5.02. The van der Waals surface area contributed by atoms with E-state index in [9.17, 15) is 9.59 Å². The van der Waals surface area contributed by atoms with Crippen LogP contribution in [0.2, 0.25) is 0 Å². The molecule has 2 aliphatic heterocycles. The fourth-order valence-corrected chi connectivity index (χ4v) is 3.50. The van der Waals surface area contributed by atoms with Crippen LogP contribution in [-0.4, -0.2) is 60.4 Å². The maximum Gasteiger partial charge on any atom is 0.257 e. The molecule has 0 aromatic heterocycles. The summed E-state index contributed by atoms with van der Waals surface area (Å²) < 4.78 is 5.55. The number of amides is 2. The van der Waals surface area contributed by atoms with Crippen LogP contribution in [-0.2, 0) is 4.79 Å². The quantitative estimate of drug-likeness (QED) is 0.877. The van der Waals surface area contributed by atoms with Gasteiger partial charge in [0.1, 0.15) is 5.75 Å². The van der Waals surface area contributed by atoms with E-state index >= 15 is 0 Å². The summed E-state index contributed by atoms with van der Waals surface area (Å²) in [6.45, 7) is 5.70.